The molecule has 0 aliphatic carbocycles. The van der Waals surface area contributed by atoms with Gasteiger partial charge in [0.25, 0.3) is 5.91 Å². The summed E-state index contributed by atoms with van der Waals surface area (Å²) in [6.07, 6.45) is 0. The van der Waals surface area contributed by atoms with Gasteiger partial charge < -0.3 is 16.0 Å². The lowest BCUT2D eigenvalue weighted by Crippen LogP contribution is -2.39. The number of aryl methyl sites for hydroxylation is 1. The Hall–Kier alpha value is -3.95. The summed E-state index contributed by atoms with van der Waals surface area (Å²) in [4.78, 5) is 26.1. The number of hydrogen-bond donors (Lipinski definition) is 4. The minimum atomic E-state index is -0.927. The molecule has 34 heavy (non-hydrogen) atoms. The van der Waals surface area contributed by atoms with E-state index in [1.54, 1.807) is 72.8 Å². The molecule has 0 saturated heterocycles. The number of anilines is 2. The van der Waals surface area contributed by atoms with Crippen molar-refractivity contribution in [2.24, 2.45) is 0 Å². The van der Waals surface area contributed by atoms with E-state index in [0.29, 0.717) is 32.4 Å². The molecule has 3 aromatic carbocycles. The average Bonchev–Trinajstić information content (AvgIpc) is 3.17. The van der Waals surface area contributed by atoms with E-state index in [-0.39, 0.29) is 0 Å². The van der Waals surface area contributed by atoms with E-state index in [1.807, 2.05) is 13.0 Å². The van der Waals surface area contributed by atoms with Crippen LogP contribution in [0.3, 0.4) is 0 Å². The summed E-state index contributed by atoms with van der Waals surface area (Å²) in [7, 11) is 0. The van der Waals surface area contributed by atoms with Gasteiger partial charge in [0.05, 0.1) is 5.69 Å². The molecule has 0 aliphatic rings. The van der Waals surface area contributed by atoms with Crippen molar-refractivity contribution < 1.29 is 9.59 Å². The third-order valence-corrected chi connectivity index (χ3v) is 5.82. The van der Waals surface area contributed by atoms with Gasteiger partial charge in [-0.05, 0) is 61.0 Å². The molecule has 1 atom stereocenters. The smallest absolute Gasteiger partial charge is 0.320 e. The lowest BCUT2D eigenvalue weighted by Gasteiger charge is -2.19. The third-order valence-electron chi connectivity index (χ3n) is 4.83. The van der Waals surface area contributed by atoms with Crippen LogP contribution in [0.2, 0.25) is 5.02 Å². The van der Waals surface area contributed by atoms with Gasteiger partial charge in [0, 0.05) is 16.4 Å². The largest absolute Gasteiger partial charge is 0.324 e. The molecule has 0 bridgehead atoms. The number of benzene rings is 3. The van der Waals surface area contributed by atoms with Crippen molar-refractivity contribution in [3.63, 3.8) is 0 Å². The highest BCUT2D eigenvalue weighted by atomic mass is 35.5. The molecule has 4 rings (SSSR count). The molecule has 0 spiro atoms. The van der Waals surface area contributed by atoms with Crippen LogP contribution in [0, 0.1) is 12.3 Å². The summed E-state index contributed by atoms with van der Waals surface area (Å²) < 4.78 is 1.53. The van der Waals surface area contributed by atoms with Crippen molar-refractivity contribution in [3.05, 3.63) is 99.3 Å². The van der Waals surface area contributed by atoms with E-state index >= 15 is 0 Å². The van der Waals surface area contributed by atoms with Gasteiger partial charge >= 0.3 is 6.03 Å². The van der Waals surface area contributed by atoms with Gasteiger partial charge in [-0.15, -0.1) is 0 Å². The number of halogens is 1. The Morgan fingerprint density at radius 2 is 1.56 bits per heavy atom. The summed E-state index contributed by atoms with van der Waals surface area (Å²) in [6.45, 7) is 1.84. The van der Waals surface area contributed by atoms with Crippen molar-refractivity contribution in [1.82, 2.24) is 15.1 Å². The van der Waals surface area contributed by atoms with Crippen molar-refractivity contribution in [2.45, 2.75) is 13.0 Å². The van der Waals surface area contributed by atoms with Crippen LogP contribution in [-0.2, 0) is 4.79 Å². The van der Waals surface area contributed by atoms with E-state index < -0.39 is 18.0 Å². The van der Waals surface area contributed by atoms with E-state index in [0.717, 1.165) is 5.01 Å². The molecule has 4 aromatic rings. The lowest BCUT2D eigenvalue weighted by atomic mass is 10.1. The lowest BCUT2D eigenvalue weighted by molar-refractivity contribution is -0.118. The second kappa shape index (κ2) is 10.3. The number of amides is 3. The van der Waals surface area contributed by atoms with E-state index in [9.17, 15) is 9.59 Å². The first-order chi connectivity index (χ1) is 16.4. The van der Waals surface area contributed by atoms with Crippen molar-refractivity contribution in [2.75, 3.05) is 10.6 Å². The highest BCUT2D eigenvalue weighted by Crippen LogP contribution is 2.19. The molecule has 172 valence electrons. The Balaban J connectivity index is 1.49. The Morgan fingerprint density at radius 3 is 2.18 bits per heavy atom. The molecule has 1 heterocycles. The zero-order chi connectivity index (χ0) is 24.1. The van der Waals surface area contributed by atoms with Crippen LogP contribution in [0.25, 0.3) is 5.69 Å². The van der Waals surface area contributed by atoms with Crippen LogP contribution >= 0.6 is 22.9 Å². The summed E-state index contributed by atoms with van der Waals surface area (Å²) in [5.41, 5.74) is 2.45. The molecule has 0 unspecified atom stereocenters. The highest BCUT2D eigenvalue weighted by Gasteiger charge is 2.23. The first-order valence-corrected chi connectivity index (χ1v) is 11.5. The monoisotopic (exact) mass is 492 g/mol. The maximum Gasteiger partial charge on any atom is 0.320 e. The Kier molecular flexibility index (Phi) is 7.05. The van der Waals surface area contributed by atoms with Crippen LogP contribution in [0.4, 0.5) is 16.2 Å². The normalized spacial score (nSPS) is 11.5. The fraction of sp³-hybridized carbons (Fsp3) is 0.0833. The first-order valence-electron chi connectivity index (χ1n) is 10.3. The molecule has 4 N–H and O–H groups in total. The zero-order valence-corrected chi connectivity index (χ0v) is 19.7. The second-order valence-corrected chi connectivity index (χ2v) is 8.94. The van der Waals surface area contributed by atoms with Gasteiger partial charge in [-0.3, -0.25) is 10.2 Å². The molecule has 8 nitrogen and oxygen atoms in total. The molecular formula is C24H21ClN6O2S. The number of nitrogens with zero attached hydrogens (tertiary/aromatic N) is 2. The van der Waals surface area contributed by atoms with Gasteiger partial charge in [0.2, 0.25) is 4.80 Å². The van der Waals surface area contributed by atoms with Crippen LogP contribution < -0.4 is 20.8 Å². The van der Waals surface area contributed by atoms with Crippen LogP contribution in [0.5, 0.6) is 0 Å². The van der Waals surface area contributed by atoms with Crippen LogP contribution in [0.15, 0.2) is 78.9 Å². The Bertz CT molecular complexity index is 1350. The molecule has 0 saturated carbocycles. The number of nitrogens with one attached hydrogen (secondary N) is 4. The number of hydrogen-bond acceptors (Lipinski definition) is 5. The zero-order valence-electron chi connectivity index (χ0n) is 18.1. The van der Waals surface area contributed by atoms with Crippen molar-refractivity contribution in [1.29, 1.82) is 5.41 Å². The van der Waals surface area contributed by atoms with Gasteiger partial charge in [-0.1, -0.05) is 53.3 Å². The fourth-order valence-corrected chi connectivity index (χ4v) is 4.00. The molecule has 0 aliphatic heterocycles. The maximum atomic E-state index is 13.1. The van der Waals surface area contributed by atoms with Crippen LogP contribution in [0.1, 0.15) is 16.6 Å². The second-order valence-electron chi connectivity index (χ2n) is 7.32. The summed E-state index contributed by atoms with van der Waals surface area (Å²) in [5.74, 6) is -0.399. The minimum Gasteiger partial charge on any atom is -0.324 e. The van der Waals surface area contributed by atoms with Gasteiger partial charge in [0.15, 0.2) is 0 Å². The maximum absolute atomic E-state index is 13.1. The highest BCUT2D eigenvalue weighted by molar-refractivity contribution is 7.08. The molecular weight excluding hydrogens is 472 g/mol. The third kappa shape index (κ3) is 5.69. The number of carbonyl (C=O) groups excluding carboxylic acids is 2. The topological polar surface area (TPSA) is 112 Å². The van der Waals surface area contributed by atoms with Gasteiger partial charge in [0.1, 0.15) is 11.0 Å². The number of carbonyl (C=O) groups is 2. The molecule has 1 aromatic heterocycles. The number of rotatable bonds is 6. The Labute approximate surface area is 204 Å². The molecule has 0 radical (unpaired) electrons. The molecule has 3 amide bonds. The van der Waals surface area contributed by atoms with Crippen molar-refractivity contribution >= 4 is 46.3 Å². The van der Waals surface area contributed by atoms with Gasteiger partial charge in [-0.25, -0.2) is 9.48 Å². The van der Waals surface area contributed by atoms with E-state index in [1.165, 1.54) is 16.0 Å². The van der Waals surface area contributed by atoms with Crippen LogP contribution in [-0.4, -0.2) is 21.7 Å². The van der Waals surface area contributed by atoms with E-state index in [2.05, 4.69) is 21.0 Å². The SMILES string of the molecule is Cc1nn(-c2ccc(NC(=O)[C@H](NC(=O)Nc3ccc(Cl)cc3)c3ccccc3)cc2)c(=N)s1. The van der Waals surface area contributed by atoms with Gasteiger partial charge in [-0.2, -0.15) is 5.10 Å². The number of urea groups is 1. The average molecular weight is 493 g/mol. The Morgan fingerprint density at radius 1 is 0.941 bits per heavy atom. The quantitative estimate of drug-likeness (QED) is 0.308. The summed E-state index contributed by atoms with van der Waals surface area (Å²) >= 11 is 7.17. The standard InChI is InChI=1S/C24H21ClN6O2S/c1-15-30-31(23(26)34-15)20-13-11-18(12-14-20)27-22(32)21(16-5-3-2-4-6-16)29-24(33)28-19-9-7-17(25)8-10-19/h2-14,21,26H,1H3,(H,27,32)(H2,28,29,33)/t21-/m1/s1. The fourth-order valence-electron chi connectivity index (χ4n) is 3.24. The number of aromatic nitrogens is 2. The summed E-state index contributed by atoms with van der Waals surface area (Å²) in [5, 5.41) is 21.9. The minimum absolute atomic E-state index is 0.314. The summed E-state index contributed by atoms with van der Waals surface area (Å²) in [6, 6.07) is 21.2. The molecule has 0 fully saturated rings. The predicted molar refractivity (Wildman–Crippen MR) is 133 cm³/mol. The van der Waals surface area contributed by atoms with E-state index in [4.69, 9.17) is 17.0 Å². The van der Waals surface area contributed by atoms with Crippen molar-refractivity contribution in [3.8, 4) is 5.69 Å². The molecule has 10 heteroatoms. The first kappa shape index (κ1) is 23.2. The predicted octanol–water partition coefficient (Wildman–Crippen LogP) is 4.88.